The fraction of sp³-hybridized carbons (Fsp3) is 0.308. The molecule has 0 saturated heterocycles. The molecule has 0 bridgehead atoms. The zero-order valence-electron chi connectivity index (χ0n) is 10.1. The Hall–Kier alpha value is -1.29. The van der Waals surface area contributed by atoms with Gasteiger partial charge in [-0.05, 0) is 26.0 Å². The van der Waals surface area contributed by atoms with Crippen molar-refractivity contribution in [1.82, 2.24) is 9.88 Å². The van der Waals surface area contributed by atoms with Gasteiger partial charge in [0.2, 0.25) is 0 Å². The Bertz CT molecular complexity index is 572. The highest BCUT2D eigenvalue weighted by Gasteiger charge is 2.15. The number of benzene rings is 1. The van der Waals surface area contributed by atoms with Crippen molar-refractivity contribution >= 4 is 32.7 Å². The Morgan fingerprint density at radius 3 is 2.71 bits per heavy atom. The fourth-order valence-corrected chi connectivity index (χ4v) is 2.32. The lowest BCUT2D eigenvalue weighted by Crippen LogP contribution is -2.17. The maximum Gasteiger partial charge on any atom is 0.253 e. The van der Waals surface area contributed by atoms with Crippen molar-refractivity contribution in [3.05, 3.63) is 34.4 Å². The third-order valence-corrected chi connectivity index (χ3v) is 3.32. The number of nitrogens with one attached hydrogen (secondary N) is 1. The number of aromatic nitrogens is 1. The van der Waals surface area contributed by atoms with E-state index in [2.05, 4.69) is 39.7 Å². The van der Waals surface area contributed by atoms with Gasteiger partial charge < -0.3 is 9.88 Å². The lowest BCUT2D eigenvalue weighted by atomic mass is 10.1. The number of hydrogen-bond acceptors (Lipinski definition) is 1. The predicted molar refractivity (Wildman–Crippen MR) is 73.4 cm³/mol. The Kier molecular flexibility index (Phi) is 3.24. The normalized spacial score (nSPS) is 11.1. The molecule has 0 aliphatic carbocycles. The molecule has 0 unspecified atom stereocenters. The molecule has 3 nitrogen and oxygen atoms in total. The van der Waals surface area contributed by atoms with Crippen LogP contribution in [0.15, 0.2) is 28.9 Å². The van der Waals surface area contributed by atoms with E-state index in [0.29, 0.717) is 6.04 Å². The minimum absolute atomic E-state index is 0.0447. The number of rotatable bonds is 2. The molecule has 1 aromatic carbocycles. The van der Waals surface area contributed by atoms with Crippen LogP contribution in [-0.2, 0) is 0 Å². The number of halogens is 1. The molecule has 1 heterocycles. The first-order chi connectivity index (χ1) is 8.04. The van der Waals surface area contributed by atoms with Crippen LogP contribution in [0.4, 0.5) is 0 Å². The van der Waals surface area contributed by atoms with E-state index < -0.39 is 0 Å². The fourth-order valence-electron chi connectivity index (χ4n) is 1.97. The number of carbonyl (C=O) groups is 1. The first-order valence-corrected chi connectivity index (χ1v) is 6.36. The number of carbonyl (C=O) groups excluding carboxylic acids is 1. The van der Waals surface area contributed by atoms with Crippen LogP contribution in [0.1, 0.15) is 30.2 Å². The number of fused-ring (bicyclic) bond motifs is 1. The highest BCUT2D eigenvalue weighted by atomic mass is 79.9. The number of nitrogens with zero attached hydrogens (tertiary/aromatic N) is 1. The summed E-state index contributed by atoms with van der Waals surface area (Å²) >= 11 is 3.47. The van der Waals surface area contributed by atoms with Crippen molar-refractivity contribution in [3.8, 4) is 0 Å². The van der Waals surface area contributed by atoms with Crippen LogP contribution in [0.25, 0.3) is 10.9 Å². The zero-order valence-corrected chi connectivity index (χ0v) is 11.7. The van der Waals surface area contributed by atoms with Gasteiger partial charge in [-0.3, -0.25) is 4.79 Å². The second kappa shape index (κ2) is 4.53. The average molecular weight is 295 g/mol. The summed E-state index contributed by atoms with van der Waals surface area (Å²) in [5.41, 5.74) is 1.80. The van der Waals surface area contributed by atoms with E-state index in [9.17, 15) is 4.79 Å². The highest BCUT2D eigenvalue weighted by Crippen LogP contribution is 2.27. The van der Waals surface area contributed by atoms with E-state index in [1.807, 2.05) is 24.4 Å². The van der Waals surface area contributed by atoms with Crippen molar-refractivity contribution < 1.29 is 4.79 Å². The molecule has 17 heavy (non-hydrogen) atoms. The molecule has 1 amide bonds. The Morgan fingerprint density at radius 1 is 1.41 bits per heavy atom. The maximum atomic E-state index is 11.8. The van der Waals surface area contributed by atoms with Gasteiger partial charge in [0.25, 0.3) is 5.91 Å². The quantitative estimate of drug-likeness (QED) is 0.906. The van der Waals surface area contributed by atoms with Crippen LogP contribution in [-0.4, -0.2) is 17.5 Å². The molecule has 0 atom stereocenters. The molecule has 2 rings (SSSR count). The number of amides is 1. The molecule has 1 aromatic heterocycles. The summed E-state index contributed by atoms with van der Waals surface area (Å²) < 4.78 is 3.14. The van der Waals surface area contributed by atoms with Gasteiger partial charge in [-0.15, -0.1) is 0 Å². The third-order valence-electron chi connectivity index (χ3n) is 2.82. The van der Waals surface area contributed by atoms with Crippen LogP contribution >= 0.6 is 15.9 Å². The van der Waals surface area contributed by atoms with Crippen LogP contribution in [0.2, 0.25) is 0 Å². The molecule has 0 spiro atoms. The van der Waals surface area contributed by atoms with Gasteiger partial charge in [0, 0.05) is 29.1 Å². The summed E-state index contributed by atoms with van der Waals surface area (Å²) in [5.74, 6) is -0.0447. The third kappa shape index (κ3) is 2.09. The number of hydrogen-bond donors (Lipinski definition) is 1. The van der Waals surface area contributed by atoms with Gasteiger partial charge in [-0.25, -0.2) is 0 Å². The minimum atomic E-state index is -0.0447. The minimum Gasteiger partial charge on any atom is -0.355 e. The van der Waals surface area contributed by atoms with Crippen LogP contribution in [0.5, 0.6) is 0 Å². The second-order valence-electron chi connectivity index (χ2n) is 4.28. The second-order valence-corrected chi connectivity index (χ2v) is 5.20. The highest BCUT2D eigenvalue weighted by molar-refractivity contribution is 9.10. The van der Waals surface area contributed by atoms with E-state index in [-0.39, 0.29) is 5.91 Å². The first kappa shape index (κ1) is 12.2. The van der Waals surface area contributed by atoms with Gasteiger partial charge in [0.15, 0.2) is 0 Å². The largest absolute Gasteiger partial charge is 0.355 e. The predicted octanol–water partition coefficient (Wildman–Crippen LogP) is 3.34. The van der Waals surface area contributed by atoms with E-state index in [4.69, 9.17) is 0 Å². The summed E-state index contributed by atoms with van der Waals surface area (Å²) in [6, 6.07) is 6.30. The monoisotopic (exact) mass is 294 g/mol. The van der Waals surface area contributed by atoms with Gasteiger partial charge in [-0.2, -0.15) is 0 Å². The molecule has 0 saturated carbocycles. The molecule has 0 aliphatic rings. The SMILES string of the molecule is CNC(=O)c1cn(C(C)C)c2cc(Br)ccc12. The standard InChI is InChI=1S/C13H15BrN2O/c1-8(2)16-7-11(13(17)15-3)10-5-4-9(14)6-12(10)16/h4-8H,1-3H3,(H,15,17). The molecule has 0 aliphatic heterocycles. The molecule has 90 valence electrons. The molecule has 0 radical (unpaired) electrons. The Balaban J connectivity index is 2.75. The van der Waals surface area contributed by atoms with Gasteiger partial charge in [0.05, 0.1) is 11.1 Å². The lowest BCUT2D eigenvalue weighted by Gasteiger charge is -2.08. The molecule has 2 aromatic rings. The summed E-state index contributed by atoms with van der Waals surface area (Å²) in [6.07, 6.45) is 1.92. The molecular weight excluding hydrogens is 280 g/mol. The molecule has 0 fully saturated rings. The van der Waals surface area contributed by atoms with E-state index in [0.717, 1.165) is 20.9 Å². The summed E-state index contributed by atoms with van der Waals surface area (Å²) in [6.45, 7) is 4.21. The topological polar surface area (TPSA) is 34.0 Å². The van der Waals surface area contributed by atoms with Gasteiger partial charge >= 0.3 is 0 Å². The van der Waals surface area contributed by atoms with Crippen molar-refractivity contribution in [2.45, 2.75) is 19.9 Å². The Morgan fingerprint density at radius 2 is 2.12 bits per heavy atom. The summed E-state index contributed by atoms with van der Waals surface area (Å²) in [4.78, 5) is 11.8. The average Bonchev–Trinajstić information content (AvgIpc) is 2.66. The first-order valence-electron chi connectivity index (χ1n) is 5.56. The Labute approximate surface area is 109 Å². The van der Waals surface area contributed by atoms with E-state index in [1.54, 1.807) is 7.05 Å². The smallest absolute Gasteiger partial charge is 0.253 e. The van der Waals surface area contributed by atoms with E-state index in [1.165, 1.54) is 0 Å². The summed E-state index contributed by atoms with van der Waals surface area (Å²) in [5, 5.41) is 3.66. The van der Waals surface area contributed by atoms with Crippen LogP contribution in [0.3, 0.4) is 0 Å². The van der Waals surface area contributed by atoms with Crippen molar-refractivity contribution in [1.29, 1.82) is 0 Å². The molecule has 4 heteroatoms. The molecule has 1 N–H and O–H groups in total. The lowest BCUT2D eigenvalue weighted by molar-refractivity contribution is 0.0964. The van der Waals surface area contributed by atoms with Crippen molar-refractivity contribution in [2.24, 2.45) is 0 Å². The van der Waals surface area contributed by atoms with E-state index >= 15 is 0 Å². The summed E-state index contributed by atoms with van der Waals surface area (Å²) in [7, 11) is 1.65. The van der Waals surface area contributed by atoms with Gasteiger partial charge in [0.1, 0.15) is 0 Å². The zero-order chi connectivity index (χ0) is 12.6. The van der Waals surface area contributed by atoms with Crippen LogP contribution < -0.4 is 5.32 Å². The van der Waals surface area contributed by atoms with Crippen LogP contribution in [0, 0.1) is 0 Å². The van der Waals surface area contributed by atoms with Gasteiger partial charge in [-0.1, -0.05) is 22.0 Å². The van der Waals surface area contributed by atoms with Crippen molar-refractivity contribution in [3.63, 3.8) is 0 Å². The maximum absolute atomic E-state index is 11.8. The van der Waals surface area contributed by atoms with Crippen molar-refractivity contribution in [2.75, 3.05) is 7.05 Å². The molecular formula is C13H15BrN2O.